The van der Waals surface area contributed by atoms with E-state index in [1.54, 1.807) is 24.3 Å². The summed E-state index contributed by atoms with van der Waals surface area (Å²) in [4.78, 5) is 13.1. The molecule has 0 aliphatic heterocycles. The highest BCUT2D eigenvalue weighted by Gasteiger charge is 2.44. The third-order valence-corrected chi connectivity index (χ3v) is 6.83. The van der Waals surface area contributed by atoms with Crippen LogP contribution in [0, 0.1) is 24.0 Å². The lowest BCUT2D eigenvalue weighted by molar-refractivity contribution is 0.0822. The number of nitrogens with one attached hydrogen (secondary N) is 2. The number of rotatable bonds is 12. The SMILES string of the molecule is C#Cc1cccc(C2(NC[C@@H](O)[C@H](Cc3cc(F)cc(F)c3)NC(=O)c3ccc(COCC)cc3)CC2)c1. The predicted molar refractivity (Wildman–Crippen MR) is 142 cm³/mol. The predicted octanol–water partition coefficient (Wildman–Crippen LogP) is 4.46. The topological polar surface area (TPSA) is 70.6 Å². The summed E-state index contributed by atoms with van der Waals surface area (Å²) in [5.41, 5.74) is 3.20. The second-order valence-electron chi connectivity index (χ2n) is 9.65. The first-order valence-corrected chi connectivity index (χ1v) is 12.7. The van der Waals surface area contributed by atoms with Crippen molar-refractivity contribution in [1.29, 1.82) is 0 Å². The molecule has 3 N–H and O–H groups in total. The van der Waals surface area contributed by atoms with Crippen molar-refractivity contribution in [3.63, 3.8) is 0 Å². The maximum absolute atomic E-state index is 13.9. The van der Waals surface area contributed by atoms with Gasteiger partial charge in [-0.2, -0.15) is 0 Å². The molecule has 0 unspecified atom stereocenters. The minimum absolute atomic E-state index is 0.0469. The highest BCUT2D eigenvalue weighted by Crippen LogP contribution is 2.45. The Labute approximate surface area is 222 Å². The van der Waals surface area contributed by atoms with Gasteiger partial charge in [0.1, 0.15) is 11.6 Å². The molecular weight excluding hydrogens is 486 g/mol. The molecule has 0 radical (unpaired) electrons. The van der Waals surface area contributed by atoms with Crippen LogP contribution in [0.3, 0.4) is 0 Å². The van der Waals surface area contributed by atoms with Gasteiger partial charge in [-0.05, 0) is 79.3 Å². The van der Waals surface area contributed by atoms with E-state index in [0.29, 0.717) is 24.3 Å². The molecule has 0 spiro atoms. The van der Waals surface area contributed by atoms with Crippen LogP contribution in [-0.2, 0) is 23.3 Å². The molecule has 3 aromatic rings. The summed E-state index contributed by atoms with van der Waals surface area (Å²) in [6.45, 7) is 3.11. The third kappa shape index (κ3) is 7.05. The molecule has 4 rings (SSSR count). The number of aliphatic hydroxyl groups excluding tert-OH is 1. The van der Waals surface area contributed by atoms with Gasteiger partial charge < -0.3 is 20.5 Å². The molecule has 1 fully saturated rings. The average Bonchev–Trinajstić information content (AvgIpc) is 3.71. The molecule has 1 saturated carbocycles. The van der Waals surface area contributed by atoms with Crippen LogP contribution in [-0.4, -0.2) is 36.3 Å². The van der Waals surface area contributed by atoms with Crippen LogP contribution >= 0.6 is 0 Å². The Balaban J connectivity index is 1.48. The number of carbonyl (C=O) groups is 1. The van der Waals surface area contributed by atoms with Gasteiger partial charge in [-0.3, -0.25) is 4.79 Å². The maximum Gasteiger partial charge on any atom is 0.251 e. The molecule has 0 aromatic heterocycles. The lowest BCUT2D eigenvalue weighted by atomic mass is 9.98. The Kier molecular flexibility index (Phi) is 8.90. The minimum Gasteiger partial charge on any atom is -0.390 e. The molecule has 0 bridgehead atoms. The van der Waals surface area contributed by atoms with E-state index in [4.69, 9.17) is 11.2 Å². The maximum atomic E-state index is 13.9. The van der Waals surface area contributed by atoms with Crippen LogP contribution < -0.4 is 10.6 Å². The van der Waals surface area contributed by atoms with Gasteiger partial charge in [-0.1, -0.05) is 30.2 Å². The van der Waals surface area contributed by atoms with E-state index in [0.717, 1.165) is 35.6 Å². The monoisotopic (exact) mass is 518 g/mol. The zero-order valence-corrected chi connectivity index (χ0v) is 21.3. The number of terminal acetylenes is 1. The molecule has 1 aliphatic rings. The first-order chi connectivity index (χ1) is 18.3. The molecule has 1 amide bonds. The van der Waals surface area contributed by atoms with Crippen LogP contribution in [0.15, 0.2) is 66.7 Å². The lowest BCUT2D eigenvalue weighted by Gasteiger charge is -2.27. The molecule has 1 aliphatic carbocycles. The zero-order valence-electron chi connectivity index (χ0n) is 21.3. The van der Waals surface area contributed by atoms with Crippen LogP contribution in [0.1, 0.15) is 52.4 Å². The first-order valence-electron chi connectivity index (χ1n) is 12.7. The second-order valence-corrected chi connectivity index (χ2v) is 9.65. The number of hydrogen-bond acceptors (Lipinski definition) is 4. The number of benzene rings is 3. The summed E-state index contributed by atoms with van der Waals surface area (Å²) in [6, 6.07) is 17.1. The third-order valence-electron chi connectivity index (χ3n) is 6.83. The highest BCUT2D eigenvalue weighted by atomic mass is 19.1. The van der Waals surface area contributed by atoms with Crippen LogP contribution in [0.2, 0.25) is 0 Å². The van der Waals surface area contributed by atoms with Crippen molar-refractivity contribution in [2.75, 3.05) is 13.2 Å². The number of amides is 1. The summed E-state index contributed by atoms with van der Waals surface area (Å²) in [6.07, 6.45) is 6.33. The highest BCUT2D eigenvalue weighted by molar-refractivity contribution is 5.94. The van der Waals surface area contributed by atoms with E-state index in [-0.39, 0.29) is 18.5 Å². The van der Waals surface area contributed by atoms with Crippen molar-refractivity contribution in [3.8, 4) is 12.3 Å². The summed E-state index contributed by atoms with van der Waals surface area (Å²) in [5, 5.41) is 17.5. The number of halogens is 2. The molecule has 0 heterocycles. The van der Waals surface area contributed by atoms with Gasteiger partial charge in [0.15, 0.2) is 0 Å². The van der Waals surface area contributed by atoms with Gasteiger partial charge in [0, 0.05) is 35.9 Å². The van der Waals surface area contributed by atoms with Gasteiger partial charge in [0.25, 0.3) is 5.91 Å². The smallest absolute Gasteiger partial charge is 0.251 e. The van der Waals surface area contributed by atoms with Crippen LogP contribution in [0.25, 0.3) is 0 Å². The first kappa shape index (κ1) is 27.5. The fraction of sp³-hybridized carbons (Fsp3) is 0.323. The van der Waals surface area contributed by atoms with E-state index in [1.165, 1.54) is 12.1 Å². The van der Waals surface area contributed by atoms with Gasteiger partial charge in [-0.25, -0.2) is 8.78 Å². The Bertz CT molecular complexity index is 1280. The molecule has 198 valence electrons. The van der Waals surface area contributed by atoms with Crippen molar-refractivity contribution in [2.24, 2.45) is 0 Å². The van der Waals surface area contributed by atoms with E-state index in [1.807, 2.05) is 31.2 Å². The molecule has 5 nitrogen and oxygen atoms in total. The molecule has 38 heavy (non-hydrogen) atoms. The summed E-state index contributed by atoms with van der Waals surface area (Å²) in [7, 11) is 0. The van der Waals surface area contributed by atoms with Crippen LogP contribution in [0.5, 0.6) is 0 Å². The number of aliphatic hydroxyl groups is 1. The fourth-order valence-corrected chi connectivity index (χ4v) is 4.53. The van der Waals surface area contributed by atoms with E-state index in [9.17, 15) is 18.7 Å². The van der Waals surface area contributed by atoms with Crippen LogP contribution in [0.4, 0.5) is 8.78 Å². The second kappa shape index (κ2) is 12.3. The van der Waals surface area contributed by atoms with Gasteiger partial charge >= 0.3 is 0 Å². The van der Waals surface area contributed by atoms with E-state index >= 15 is 0 Å². The van der Waals surface area contributed by atoms with Crippen molar-refractivity contribution >= 4 is 5.91 Å². The molecule has 2 atom stereocenters. The van der Waals surface area contributed by atoms with E-state index in [2.05, 4.69) is 16.6 Å². The zero-order chi connectivity index (χ0) is 27.1. The molecular formula is C31H32F2N2O3. The standard InChI is InChI=1S/C31H32F2N2O3/c1-3-21-6-5-7-25(14-21)31(12-13-31)34-19-29(36)28(17-23-15-26(32)18-27(33)16-23)35-30(37)24-10-8-22(9-11-24)20-38-4-2/h1,5-11,14-16,18,28-29,34,36H,4,12-13,17,19-20H2,2H3,(H,35,37)/t28-,29+/m0/s1. The van der Waals surface area contributed by atoms with Gasteiger partial charge in [0.2, 0.25) is 0 Å². The van der Waals surface area contributed by atoms with Crippen molar-refractivity contribution in [2.45, 2.75) is 50.5 Å². The number of hydrogen-bond donors (Lipinski definition) is 3. The molecule has 7 heteroatoms. The average molecular weight is 519 g/mol. The number of ether oxygens (including phenoxy) is 1. The van der Waals surface area contributed by atoms with Crippen molar-refractivity contribution < 1.29 is 23.4 Å². The van der Waals surface area contributed by atoms with Gasteiger partial charge in [-0.15, -0.1) is 6.42 Å². The number of carbonyl (C=O) groups excluding carboxylic acids is 1. The quantitative estimate of drug-likeness (QED) is 0.310. The Hall–Kier alpha value is -3.57. The molecule has 3 aromatic carbocycles. The largest absolute Gasteiger partial charge is 0.390 e. The molecule has 0 saturated heterocycles. The summed E-state index contributed by atoms with van der Waals surface area (Å²) in [5.74, 6) is 0.823. The van der Waals surface area contributed by atoms with Crippen molar-refractivity contribution in [1.82, 2.24) is 10.6 Å². The Morgan fingerprint density at radius 1 is 1.08 bits per heavy atom. The lowest BCUT2D eigenvalue weighted by Crippen LogP contribution is -2.50. The van der Waals surface area contributed by atoms with Crippen molar-refractivity contribution in [3.05, 3.63) is 106 Å². The minimum atomic E-state index is -1.03. The van der Waals surface area contributed by atoms with Gasteiger partial charge in [0.05, 0.1) is 18.8 Å². The summed E-state index contributed by atoms with van der Waals surface area (Å²) >= 11 is 0. The normalized spacial score (nSPS) is 15.3. The fourth-order valence-electron chi connectivity index (χ4n) is 4.53. The Morgan fingerprint density at radius 2 is 1.79 bits per heavy atom. The Morgan fingerprint density at radius 3 is 2.42 bits per heavy atom. The van der Waals surface area contributed by atoms with E-state index < -0.39 is 29.7 Å². The summed E-state index contributed by atoms with van der Waals surface area (Å²) < 4.78 is 33.1.